The van der Waals surface area contributed by atoms with Crippen LogP contribution in [0.25, 0.3) is 0 Å². The molecule has 1 saturated heterocycles. The Kier molecular flexibility index (Phi) is 2.64. The topological polar surface area (TPSA) is 26.3 Å². The van der Waals surface area contributed by atoms with Gasteiger partial charge in [0.25, 0.3) is 0 Å². The number of rotatable bonds is 1. The summed E-state index contributed by atoms with van der Waals surface area (Å²) >= 11 is 0. The Labute approximate surface area is 96.4 Å². The molecule has 1 aromatic rings. The lowest BCUT2D eigenvalue weighted by atomic mass is 9.81. The summed E-state index contributed by atoms with van der Waals surface area (Å²) < 4.78 is 42.0. The highest BCUT2D eigenvalue weighted by Gasteiger charge is 2.38. The lowest BCUT2D eigenvalue weighted by molar-refractivity contribution is -0.138. The van der Waals surface area contributed by atoms with Crippen molar-refractivity contribution in [3.05, 3.63) is 35.4 Å². The van der Waals surface area contributed by atoms with E-state index in [9.17, 15) is 18.0 Å². The van der Waals surface area contributed by atoms with Crippen molar-refractivity contribution in [1.82, 2.24) is 0 Å². The summed E-state index contributed by atoms with van der Waals surface area (Å²) in [5.41, 5.74) is -0.507. The second-order valence-corrected chi connectivity index (χ2v) is 4.47. The van der Waals surface area contributed by atoms with Crippen molar-refractivity contribution in [1.29, 1.82) is 0 Å². The van der Waals surface area contributed by atoms with Crippen LogP contribution in [0.4, 0.5) is 13.2 Å². The Balaban J connectivity index is 2.27. The van der Waals surface area contributed by atoms with Crippen molar-refractivity contribution in [3.63, 3.8) is 0 Å². The van der Waals surface area contributed by atoms with Crippen LogP contribution in [0.5, 0.6) is 0 Å². The van der Waals surface area contributed by atoms with E-state index in [0.717, 1.165) is 12.1 Å². The first-order valence-corrected chi connectivity index (χ1v) is 5.15. The molecule has 1 fully saturated rings. The molecule has 1 unspecified atom stereocenters. The van der Waals surface area contributed by atoms with Gasteiger partial charge in [0.1, 0.15) is 6.61 Å². The van der Waals surface area contributed by atoms with Gasteiger partial charge in [0.15, 0.2) is 0 Å². The molecule has 17 heavy (non-hydrogen) atoms. The number of benzene rings is 1. The molecule has 0 aromatic heterocycles. The molecule has 1 aliphatic heterocycles. The number of alkyl halides is 3. The molecular weight excluding hydrogens is 233 g/mol. The van der Waals surface area contributed by atoms with Gasteiger partial charge in [-0.25, -0.2) is 0 Å². The van der Waals surface area contributed by atoms with E-state index < -0.39 is 17.2 Å². The Morgan fingerprint density at radius 1 is 1.24 bits per heavy atom. The van der Waals surface area contributed by atoms with Crippen LogP contribution in [0.2, 0.25) is 0 Å². The van der Waals surface area contributed by atoms with Gasteiger partial charge in [0.2, 0.25) is 0 Å². The molecule has 5 heteroatoms. The minimum Gasteiger partial charge on any atom is -0.465 e. The number of esters is 1. The molecule has 1 atom stereocenters. The summed E-state index contributed by atoms with van der Waals surface area (Å²) in [7, 11) is 0. The molecule has 2 rings (SSSR count). The Bertz CT molecular complexity index is 436. The van der Waals surface area contributed by atoms with Crippen molar-refractivity contribution < 1.29 is 22.7 Å². The zero-order chi connectivity index (χ0) is 12.7. The lowest BCUT2D eigenvalue weighted by Gasteiger charge is -2.21. The number of hydrogen-bond acceptors (Lipinski definition) is 2. The van der Waals surface area contributed by atoms with Crippen molar-refractivity contribution in [3.8, 4) is 0 Å². The van der Waals surface area contributed by atoms with Crippen LogP contribution in [-0.2, 0) is 21.1 Å². The molecule has 1 heterocycles. The number of carbonyl (C=O) groups is 1. The van der Waals surface area contributed by atoms with Crippen LogP contribution in [0.3, 0.4) is 0 Å². The number of cyclic esters (lactones) is 1. The zero-order valence-corrected chi connectivity index (χ0v) is 9.17. The van der Waals surface area contributed by atoms with E-state index in [1.807, 2.05) is 0 Å². The highest BCUT2D eigenvalue weighted by Crippen LogP contribution is 2.35. The Hall–Kier alpha value is -1.52. The second-order valence-electron chi connectivity index (χ2n) is 4.47. The van der Waals surface area contributed by atoms with E-state index in [0.29, 0.717) is 5.56 Å². The van der Waals surface area contributed by atoms with E-state index in [1.165, 1.54) is 12.1 Å². The normalized spacial score (nSPS) is 24.8. The van der Waals surface area contributed by atoms with Gasteiger partial charge >= 0.3 is 12.1 Å². The van der Waals surface area contributed by atoms with Gasteiger partial charge in [0.05, 0.1) is 12.0 Å². The first kappa shape index (κ1) is 12.0. The largest absolute Gasteiger partial charge is 0.465 e. The van der Waals surface area contributed by atoms with E-state index in [2.05, 4.69) is 0 Å². The maximum absolute atomic E-state index is 12.4. The number of ether oxygens (including phenoxy) is 1. The van der Waals surface area contributed by atoms with Gasteiger partial charge in [0, 0.05) is 5.41 Å². The van der Waals surface area contributed by atoms with Crippen LogP contribution in [0.1, 0.15) is 24.5 Å². The van der Waals surface area contributed by atoms with E-state index in [1.54, 1.807) is 6.92 Å². The summed E-state index contributed by atoms with van der Waals surface area (Å²) in [6, 6.07) is 4.88. The minimum absolute atomic E-state index is 0.207. The Morgan fingerprint density at radius 2 is 1.82 bits per heavy atom. The molecule has 0 radical (unpaired) electrons. The quantitative estimate of drug-likeness (QED) is 0.710. The fourth-order valence-electron chi connectivity index (χ4n) is 1.91. The summed E-state index contributed by atoms with van der Waals surface area (Å²) in [6.45, 7) is 2.03. The van der Waals surface area contributed by atoms with Gasteiger partial charge in [-0.2, -0.15) is 13.2 Å². The SMILES string of the molecule is CC1(c2ccc(C(F)(F)F)cc2)COC(=O)C1. The van der Waals surface area contributed by atoms with Crippen molar-refractivity contribution in [2.75, 3.05) is 6.61 Å². The summed E-state index contributed by atoms with van der Waals surface area (Å²) in [4.78, 5) is 11.1. The van der Waals surface area contributed by atoms with Crippen molar-refractivity contribution in [2.24, 2.45) is 0 Å². The highest BCUT2D eigenvalue weighted by atomic mass is 19.4. The standard InChI is InChI=1S/C12H11F3O2/c1-11(6-10(16)17-7-11)8-2-4-9(5-3-8)12(13,14)15/h2-5H,6-7H2,1H3. The van der Waals surface area contributed by atoms with Crippen LogP contribution in [0, 0.1) is 0 Å². The van der Waals surface area contributed by atoms with E-state index in [-0.39, 0.29) is 19.0 Å². The summed E-state index contributed by atoms with van der Waals surface area (Å²) in [6.07, 6.45) is -4.13. The maximum Gasteiger partial charge on any atom is 0.416 e. The maximum atomic E-state index is 12.4. The van der Waals surface area contributed by atoms with Crippen molar-refractivity contribution in [2.45, 2.75) is 24.9 Å². The third-order valence-corrected chi connectivity index (χ3v) is 3.00. The first-order valence-electron chi connectivity index (χ1n) is 5.15. The molecule has 2 nitrogen and oxygen atoms in total. The molecule has 0 N–H and O–H groups in total. The smallest absolute Gasteiger partial charge is 0.416 e. The minimum atomic E-state index is -4.33. The molecule has 92 valence electrons. The predicted molar refractivity (Wildman–Crippen MR) is 54.4 cm³/mol. The van der Waals surface area contributed by atoms with Crippen LogP contribution in [-0.4, -0.2) is 12.6 Å². The average Bonchev–Trinajstić information content (AvgIpc) is 2.59. The van der Waals surface area contributed by atoms with Gasteiger partial charge in [-0.3, -0.25) is 4.79 Å². The monoisotopic (exact) mass is 244 g/mol. The zero-order valence-electron chi connectivity index (χ0n) is 9.17. The molecule has 1 aliphatic rings. The van der Waals surface area contributed by atoms with Crippen molar-refractivity contribution >= 4 is 5.97 Å². The third-order valence-electron chi connectivity index (χ3n) is 3.00. The third kappa shape index (κ3) is 2.28. The summed E-state index contributed by atoms with van der Waals surface area (Å²) in [5.74, 6) is -0.313. The number of carbonyl (C=O) groups excluding carboxylic acids is 1. The molecule has 1 aromatic carbocycles. The van der Waals surface area contributed by atoms with E-state index >= 15 is 0 Å². The first-order chi connectivity index (χ1) is 7.81. The average molecular weight is 244 g/mol. The van der Waals surface area contributed by atoms with Gasteiger partial charge in [-0.1, -0.05) is 19.1 Å². The van der Waals surface area contributed by atoms with Gasteiger partial charge < -0.3 is 4.74 Å². The molecule has 0 spiro atoms. The predicted octanol–water partition coefficient (Wildman–Crippen LogP) is 2.91. The van der Waals surface area contributed by atoms with Gasteiger partial charge in [-0.15, -0.1) is 0 Å². The molecule has 0 bridgehead atoms. The van der Waals surface area contributed by atoms with E-state index in [4.69, 9.17) is 4.74 Å². The number of halogens is 3. The molecule has 0 aliphatic carbocycles. The number of hydrogen-bond donors (Lipinski definition) is 0. The summed E-state index contributed by atoms with van der Waals surface area (Å²) in [5, 5.41) is 0. The van der Waals surface area contributed by atoms with Crippen LogP contribution in [0.15, 0.2) is 24.3 Å². The molecular formula is C12H11F3O2. The van der Waals surface area contributed by atoms with Crippen LogP contribution < -0.4 is 0 Å². The fourth-order valence-corrected chi connectivity index (χ4v) is 1.91. The fraction of sp³-hybridized carbons (Fsp3) is 0.417. The Morgan fingerprint density at radius 3 is 2.24 bits per heavy atom. The highest BCUT2D eigenvalue weighted by molar-refractivity contribution is 5.74. The van der Waals surface area contributed by atoms with Gasteiger partial charge in [-0.05, 0) is 17.7 Å². The molecule has 0 saturated carbocycles. The molecule has 0 amide bonds. The second kappa shape index (κ2) is 3.75. The van der Waals surface area contributed by atoms with Crippen LogP contribution >= 0.6 is 0 Å². The lowest BCUT2D eigenvalue weighted by Crippen LogP contribution is -2.22.